The standard InChI is InChI=1S/C28H43N9O2/c1-5-19-9-11-20(12-10-19)15-37-22-24(31-18(4)21-7-6-8-21)33-26(23(29)32-28(38)39)34-25(22)35-27(37)36-14-16(2)30-13-17(36)3/h5,16-21,30H,1,6-15H2,2-4H3,(H2,29,32)(H,38,39)(H,31,33,34). The summed E-state index contributed by atoms with van der Waals surface area (Å²) in [6.07, 6.45) is 8.93. The van der Waals surface area contributed by atoms with Gasteiger partial charge in [0.05, 0.1) is 0 Å². The van der Waals surface area contributed by atoms with Crippen molar-refractivity contribution in [3.05, 3.63) is 18.5 Å². The molecule has 1 amide bonds. The highest BCUT2D eigenvalue weighted by Crippen LogP contribution is 2.36. The average Bonchev–Trinajstić information content (AvgIpc) is 3.22. The molecule has 1 aliphatic heterocycles. The Morgan fingerprint density at radius 1 is 1.23 bits per heavy atom. The molecule has 0 bridgehead atoms. The summed E-state index contributed by atoms with van der Waals surface area (Å²) < 4.78 is 2.31. The number of fused-ring (bicyclic) bond motifs is 1. The summed E-state index contributed by atoms with van der Waals surface area (Å²) in [5.41, 5.74) is 7.41. The van der Waals surface area contributed by atoms with Crippen LogP contribution in [-0.4, -0.2) is 67.8 Å². The molecule has 3 unspecified atom stereocenters. The lowest BCUT2D eigenvalue weighted by Crippen LogP contribution is -2.55. The SMILES string of the molecule is C=CC1CCC(Cn2c(N3CC(C)NCC3C)nc3nc(C(N)=NC(=O)O)nc(NC(C)C4CCC4)c32)CC1. The van der Waals surface area contributed by atoms with Gasteiger partial charge in [-0.3, -0.25) is 0 Å². The highest BCUT2D eigenvalue weighted by atomic mass is 16.4. The highest BCUT2D eigenvalue weighted by Gasteiger charge is 2.32. The molecular weight excluding hydrogens is 494 g/mol. The number of aliphatic imine (C=N–C) groups is 1. The lowest BCUT2D eigenvalue weighted by molar-refractivity contribution is 0.205. The lowest BCUT2D eigenvalue weighted by atomic mass is 9.80. The number of nitrogens with zero attached hydrogens (tertiary/aromatic N) is 6. The van der Waals surface area contributed by atoms with Crippen LogP contribution in [0.2, 0.25) is 0 Å². The molecule has 1 saturated heterocycles. The van der Waals surface area contributed by atoms with Gasteiger partial charge in [-0.05, 0) is 77.0 Å². The predicted octanol–water partition coefficient (Wildman–Crippen LogP) is 3.99. The van der Waals surface area contributed by atoms with E-state index in [1.165, 1.54) is 19.3 Å². The lowest BCUT2D eigenvalue weighted by Gasteiger charge is -2.39. The Labute approximate surface area is 230 Å². The van der Waals surface area contributed by atoms with Gasteiger partial charge in [-0.2, -0.15) is 9.98 Å². The van der Waals surface area contributed by atoms with Crippen LogP contribution >= 0.6 is 0 Å². The third-order valence-electron chi connectivity index (χ3n) is 8.94. The molecule has 2 aromatic rings. The zero-order valence-corrected chi connectivity index (χ0v) is 23.4. The normalized spacial score (nSPS) is 27.3. The van der Waals surface area contributed by atoms with Crippen LogP contribution in [0.15, 0.2) is 17.6 Å². The van der Waals surface area contributed by atoms with E-state index >= 15 is 0 Å². The monoisotopic (exact) mass is 537 g/mol. The molecule has 3 atom stereocenters. The summed E-state index contributed by atoms with van der Waals surface area (Å²) in [5.74, 6) is 3.07. The number of amidine groups is 1. The molecule has 2 saturated carbocycles. The van der Waals surface area contributed by atoms with E-state index in [0.717, 1.165) is 56.8 Å². The molecule has 0 radical (unpaired) electrons. The molecule has 11 nitrogen and oxygen atoms in total. The zero-order valence-electron chi connectivity index (χ0n) is 23.4. The van der Waals surface area contributed by atoms with Crippen molar-refractivity contribution in [3.63, 3.8) is 0 Å². The van der Waals surface area contributed by atoms with Gasteiger partial charge >= 0.3 is 6.09 Å². The third kappa shape index (κ3) is 5.88. The van der Waals surface area contributed by atoms with Crippen LogP contribution in [0.5, 0.6) is 0 Å². The highest BCUT2D eigenvalue weighted by molar-refractivity contribution is 6.01. The number of allylic oxidation sites excluding steroid dienone is 1. The second-order valence-electron chi connectivity index (χ2n) is 11.8. The first-order valence-electron chi connectivity index (χ1n) is 14.5. The van der Waals surface area contributed by atoms with Gasteiger partial charge in [0.2, 0.25) is 5.95 Å². The molecule has 5 rings (SSSR count). The van der Waals surface area contributed by atoms with Crippen LogP contribution in [0.1, 0.15) is 71.5 Å². The average molecular weight is 538 g/mol. The van der Waals surface area contributed by atoms with Crippen molar-refractivity contribution in [1.82, 2.24) is 24.8 Å². The molecule has 0 aromatic carbocycles. The Morgan fingerprint density at radius 2 is 1.97 bits per heavy atom. The smallest absolute Gasteiger partial charge is 0.433 e. The van der Waals surface area contributed by atoms with Crippen LogP contribution in [0, 0.1) is 17.8 Å². The Kier molecular flexibility index (Phi) is 8.06. The Hall–Kier alpha value is -3.21. The minimum Gasteiger partial charge on any atom is -0.463 e. The molecule has 5 N–H and O–H groups in total. The van der Waals surface area contributed by atoms with E-state index < -0.39 is 6.09 Å². The number of carbonyl (C=O) groups is 1. The molecule has 11 heteroatoms. The number of imidazole rings is 1. The topological polar surface area (TPSA) is 147 Å². The molecule has 3 heterocycles. The van der Waals surface area contributed by atoms with Gasteiger partial charge in [-0.15, -0.1) is 6.58 Å². The number of nitrogens with two attached hydrogens (primary N) is 1. The summed E-state index contributed by atoms with van der Waals surface area (Å²) in [7, 11) is 0. The number of amides is 1. The van der Waals surface area contributed by atoms with Gasteiger partial charge in [0.1, 0.15) is 5.52 Å². The fourth-order valence-corrected chi connectivity index (χ4v) is 6.22. The molecule has 212 valence electrons. The summed E-state index contributed by atoms with van der Waals surface area (Å²) in [5, 5.41) is 16.4. The van der Waals surface area contributed by atoms with E-state index in [9.17, 15) is 9.90 Å². The Balaban J connectivity index is 1.62. The molecule has 2 aromatic heterocycles. The van der Waals surface area contributed by atoms with Crippen molar-refractivity contribution in [3.8, 4) is 0 Å². The second-order valence-corrected chi connectivity index (χ2v) is 11.8. The minimum absolute atomic E-state index is 0.0811. The zero-order chi connectivity index (χ0) is 27.7. The van der Waals surface area contributed by atoms with Gasteiger partial charge in [0.25, 0.3) is 0 Å². The van der Waals surface area contributed by atoms with Crippen molar-refractivity contribution >= 4 is 34.9 Å². The van der Waals surface area contributed by atoms with Crippen molar-refractivity contribution in [2.45, 2.75) is 90.4 Å². The fraction of sp³-hybridized carbons (Fsp3) is 0.679. The van der Waals surface area contributed by atoms with Gasteiger partial charge in [-0.25, -0.2) is 14.8 Å². The number of piperazine rings is 1. The maximum absolute atomic E-state index is 11.3. The summed E-state index contributed by atoms with van der Waals surface area (Å²) in [6.45, 7) is 13.1. The van der Waals surface area contributed by atoms with Crippen LogP contribution in [0.3, 0.4) is 0 Å². The summed E-state index contributed by atoms with van der Waals surface area (Å²) >= 11 is 0. The fourth-order valence-electron chi connectivity index (χ4n) is 6.22. The number of aromatic nitrogens is 4. The number of hydrogen-bond donors (Lipinski definition) is 4. The van der Waals surface area contributed by atoms with E-state index in [1.54, 1.807) is 0 Å². The third-order valence-corrected chi connectivity index (χ3v) is 8.94. The second kappa shape index (κ2) is 11.5. The molecular formula is C28H43N9O2. The van der Waals surface area contributed by atoms with Gasteiger partial charge in [0.15, 0.2) is 23.1 Å². The van der Waals surface area contributed by atoms with Crippen LogP contribution in [0.4, 0.5) is 16.6 Å². The summed E-state index contributed by atoms with van der Waals surface area (Å²) in [4.78, 5) is 31.6. The van der Waals surface area contributed by atoms with Crippen molar-refractivity contribution in [1.29, 1.82) is 0 Å². The molecule has 39 heavy (non-hydrogen) atoms. The summed E-state index contributed by atoms with van der Waals surface area (Å²) in [6, 6.07) is 0.786. The van der Waals surface area contributed by atoms with Crippen LogP contribution < -0.4 is 21.3 Å². The van der Waals surface area contributed by atoms with Crippen molar-refractivity contribution in [2.24, 2.45) is 28.5 Å². The number of rotatable bonds is 8. The van der Waals surface area contributed by atoms with E-state index in [2.05, 4.69) is 63.5 Å². The largest absolute Gasteiger partial charge is 0.463 e. The molecule has 3 aliphatic rings. The number of carboxylic acid groups (broad SMARTS) is 1. The number of hydrogen-bond acceptors (Lipinski definition) is 7. The maximum Gasteiger partial charge on any atom is 0.433 e. The van der Waals surface area contributed by atoms with E-state index in [-0.39, 0.29) is 23.7 Å². The van der Waals surface area contributed by atoms with E-state index in [4.69, 9.17) is 15.7 Å². The predicted molar refractivity (Wildman–Crippen MR) is 154 cm³/mol. The first-order chi connectivity index (χ1) is 18.7. The molecule has 3 fully saturated rings. The minimum atomic E-state index is -1.38. The molecule has 2 aliphatic carbocycles. The first kappa shape index (κ1) is 27.4. The van der Waals surface area contributed by atoms with Crippen LogP contribution in [-0.2, 0) is 6.54 Å². The van der Waals surface area contributed by atoms with Crippen molar-refractivity contribution < 1.29 is 9.90 Å². The van der Waals surface area contributed by atoms with Gasteiger partial charge in [0, 0.05) is 37.8 Å². The van der Waals surface area contributed by atoms with Gasteiger partial charge in [-0.1, -0.05) is 12.5 Å². The number of anilines is 2. The first-order valence-corrected chi connectivity index (χ1v) is 14.5. The van der Waals surface area contributed by atoms with Gasteiger partial charge < -0.3 is 30.9 Å². The van der Waals surface area contributed by atoms with E-state index in [1.807, 2.05) is 0 Å². The Bertz CT molecular complexity index is 1230. The van der Waals surface area contributed by atoms with Crippen molar-refractivity contribution in [2.75, 3.05) is 23.3 Å². The Morgan fingerprint density at radius 3 is 2.62 bits per heavy atom. The molecule has 0 spiro atoms. The maximum atomic E-state index is 11.3. The van der Waals surface area contributed by atoms with Crippen LogP contribution in [0.25, 0.3) is 11.2 Å². The number of nitrogens with one attached hydrogen (secondary N) is 2. The van der Waals surface area contributed by atoms with E-state index in [0.29, 0.717) is 35.3 Å². The quantitative estimate of drug-likeness (QED) is 0.223.